The molecule has 10 heteroatoms. The van der Waals surface area contributed by atoms with Crippen LogP contribution in [0.4, 0.5) is 5.69 Å². The number of Topliss-reactive ketones (excluding diaryl/α,β-unsaturated/α-hetero) is 1. The van der Waals surface area contributed by atoms with E-state index in [2.05, 4.69) is 15.4 Å². The molecule has 2 heterocycles. The number of aryl methyl sites for hydroxylation is 1. The van der Waals surface area contributed by atoms with Gasteiger partial charge in [-0.15, -0.1) is 0 Å². The molecule has 28 heavy (non-hydrogen) atoms. The third-order valence-electron chi connectivity index (χ3n) is 3.91. The molecule has 1 amide bonds. The Labute approximate surface area is 158 Å². The first-order chi connectivity index (χ1) is 13.3. The predicted molar refractivity (Wildman–Crippen MR) is 98.8 cm³/mol. The molecule has 0 bridgehead atoms. The van der Waals surface area contributed by atoms with E-state index in [1.165, 1.54) is 36.3 Å². The highest BCUT2D eigenvalue weighted by Crippen LogP contribution is 2.10. The summed E-state index contributed by atoms with van der Waals surface area (Å²) < 4.78 is 7.51. The van der Waals surface area contributed by atoms with Crippen LogP contribution >= 0.6 is 0 Å². The van der Waals surface area contributed by atoms with Gasteiger partial charge in [0.05, 0.1) is 6.20 Å². The Morgan fingerprint density at radius 1 is 1.18 bits per heavy atom. The molecule has 3 rings (SSSR count). The summed E-state index contributed by atoms with van der Waals surface area (Å²) in [7, 11) is 1.65. The minimum Gasteiger partial charge on any atom is -0.456 e. The molecule has 0 unspecified atom stereocenters. The highest BCUT2D eigenvalue weighted by atomic mass is 16.5. The molecule has 144 valence electrons. The van der Waals surface area contributed by atoms with Crippen molar-refractivity contribution >= 4 is 34.4 Å². The van der Waals surface area contributed by atoms with E-state index < -0.39 is 23.9 Å². The van der Waals surface area contributed by atoms with Crippen LogP contribution in [0.25, 0.3) is 11.0 Å². The van der Waals surface area contributed by atoms with Gasteiger partial charge >= 0.3 is 5.97 Å². The van der Waals surface area contributed by atoms with Gasteiger partial charge in [-0.2, -0.15) is 5.10 Å². The minimum absolute atomic E-state index is 0.220. The Hall–Kier alpha value is -3.82. The Morgan fingerprint density at radius 2 is 1.89 bits per heavy atom. The van der Waals surface area contributed by atoms with E-state index in [4.69, 9.17) is 4.74 Å². The summed E-state index contributed by atoms with van der Waals surface area (Å²) >= 11 is 0. The topological polar surface area (TPSA) is 125 Å². The smallest absolute Gasteiger partial charge is 0.326 e. The van der Waals surface area contributed by atoms with E-state index in [-0.39, 0.29) is 17.8 Å². The van der Waals surface area contributed by atoms with Crippen LogP contribution in [-0.2, 0) is 27.9 Å². The molecule has 0 atom stereocenters. The van der Waals surface area contributed by atoms with E-state index in [0.29, 0.717) is 16.9 Å². The summed E-state index contributed by atoms with van der Waals surface area (Å²) in [5.41, 5.74) is 0.874. The van der Waals surface area contributed by atoms with Crippen molar-refractivity contribution in [2.45, 2.75) is 13.5 Å². The maximum absolute atomic E-state index is 12.3. The fourth-order valence-electron chi connectivity index (χ4n) is 2.54. The third kappa shape index (κ3) is 4.11. The van der Waals surface area contributed by atoms with Crippen LogP contribution in [-0.4, -0.2) is 43.6 Å². The van der Waals surface area contributed by atoms with Gasteiger partial charge in [0.2, 0.25) is 5.91 Å². The maximum atomic E-state index is 12.3. The highest BCUT2D eigenvalue weighted by molar-refractivity contribution is 5.98. The lowest BCUT2D eigenvalue weighted by molar-refractivity contribution is -0.143. The van der Waals surface area contributed by atoms with E-state index >= 15 is 0 Å². The van der Waals surface area contributed by atoms with Gasteiger partial charge in [-0.05, 0) is 24.3 Å². The zero-order valence-corrected chi connectivity index (χ0v) is 15.2. The van der Waals surface area contributed by atoms with Gasteiger partial charge in [0.1, 0.15) is 18.3 Å². The van der Waals surface area contributed by atoms with Crippen molar-refractivity contribution in [1.29, 1.82) is 0 Å². The molecule has 0 fully saturated rings. The second-order valence-corrected chi connectivity index (χ2v) is 6.03. The van der Waals surface area contributed by atoms with Crippen molar-refractivity contribution in [3.63, 3.8) is 0 Å². The number of aromatic nitrogens is 4. The molecule has 3 aromatic rings. The number of fused-ring (bicyclic) bond motifs is 1. The summed E-state index contributed by atoms with van der Waals surface area (Å²) in [5.74, 6) is -1.37. The number of anilines is 1. The van der Waals surface area contributed by atoms with Gasteiger partial charge in [-0.3, -0.25) is 28.4 Å². The average Bonchev–Trinajstić information content (AvgIpc) is 3.04. The third-order valence-corrected chi connectivity index (χ3v) is 3.91. The first-order valence-electron chi connectivity index (χ1n) is 8.29. The number of nitrogens with one attached hydrogen (secondary N) is 1. The maximum Gasteiger partial charge on any atom is 0.326 e. The van der Waals surface area contributed by atoms with Crippen molar-refractivity contribution in [2.24, 2.45) is 7.05 Å². The average molecular weight is 383 g/mol. The summed E-state index contributed by atoms with van der Waals surface area (Å²) in [6, 6.07) is 6.19. The molecule has 0 aliphatic heterocycles. The molecule has 0 aliphatic carbocycles. The van der Waals surface area contributed by atoms with E-state index in [0.717, 1.165) is 4.57 Å². The van der Waals surface area contributed by atoms with Crippen LogP contribution in [0, 0.1) is 0 Å². The van der Waals surface area contributed by atoms with Crippen molar-refractivity contribution in [1.82, 2.24) is 19.3 Å². The minimum atomic E-state index is -0.740. The molecule has 0 radical (unpaired) electrons. The van der Waals surface area contributed by atoms with Gasteiger partial charge in [-0.25, -0.2) is 4.98 Å². The molecule has 1 N–H and O–H groups in total. The first kappa shape index (κ1) is 19.0. The van der Waals surface area contributed by atoms with Crippen molar-refractivity contribution in [3.05, 3.63) is 52.7 Å². The van der Waals surface area contributed by atoms with Crippen LogP contribution in [0.2, 0.25) is 0 Å². The van der Waals surface area contributed by atoms with Crippen LogP contribution in [0.5, 0.6) is 0 Å². The number of hydrogen-bond acceptors (Lipinski definition) is 7. The number of ketones is 1. The van der Waals surface area contributed by atoms with Crippen LogP contribution in [0.15, 0.2) is 41.6 Å². The van der Waals surface area contributed by atoms with Gasteiger partial charge < -0.3 is 10.1 Å². The molecular weight excluding hydrogens is 366 g/mol. The monoisotopic (exact) mass is 383 g/mol. The number of ether oxygens (including phenoxy) is 1. The lowest BCUT2D eigenvalue weighted by Gasteiger charge is -2.07. The van der Waals surface area contributed by atoms with Gasteiger partial charge in [0.25, 0.3) is 5.56 Å². The standard InChI is InChI=1S/C18H17N5O5/c1-11(24)21-13-5-3-12(4-6-13)15(25)9-28-16(26)8-23-10-19-17-14(18(23)27)7-20-22(17)2/h3-7,10H,8-9H2,1-2H3,(H,21,24). The molecule has 0 saturated heterocycles. The Bertz CT molecular complexity index is 1110. The van der Waals surface area contributed by atoms with Gasteiger partial charge in [-0.1, -0.05) is 0 Å². The van der Waals surface area contributed by atoms with E-state index in [1.807, 2.05) is 0 Å². The van der Waals surface area contributed by atoms with Crippen molar-refractivity contribution in [2.75, 3.05) is 11.9 Å². The highest BCUT2D eigenvalue weighted by Gasteiger charge is 2.14. The van der Waals surface area contributed by atoms with Crippen LogP contribution < -0.4 is 10.9 Å². The molecule has 2 aromatic heterocycles. The number of carbonyl (C=O) groups is 3. The molecule has 1 aromatic carbocycles. The largest absolute Gasteiger partial charge is 0.456 e. The Kier molecular flexibility index (Phi) is 5.30. The summed E-state index contributed by atoms with van der Waals surface area (Å²) in [4.78, 5) is 51.5. The van der Waals surface area contributed by atoms with E-state index in [9.17, 15) is 19.2 Å². The fourth-order valence-corrected chi connectivity index (χ4v) is 2.54. The lowest BCUT2D eigenvalue weighted by Crippen LogP contribution is -2.26. The first-order valence-corrected chi connectivity index (χ1v) is 8.29. The summed E-state index contributed by atoms with van der Waals surface area (Å²) in [6.45, 7) is 0.548. The second-order valence-electron chi connectivity index (χ2n) is 6.03. The van der Waals surface area contributed by atoms with Gasteiger partial charge in [0, 0.05) is 25.2 Å². The van der Waals surface area contributed by atoms with Gasteiger partial charge in [0.15, 0.2) is 18.0 Å². The lowest BCUT2D eigenvalue weighted by atomic mass is 10.1. The number of benzene rings is 1. The number of rotatable bonds is 6. The molecular formula is C18H17N5O5. The number of carbonyl (C=O) groups excluding carboxylic acids is 3. The van der Waals surface area contributed by atoms with Crippen molar-refractivity contribution < 1.29 is 19.1 Å². The number of esters is 1. The Balaban J connectivity index is 1.59. The predicted octanol–water partition coefficient (Wildman–Crippen LogP) is 0.514. The Morgan fingerprint density at radius 3 is 2.57 bits per heavy atom. The number of hydrogen-bond donors (Lipinski definition) is 1. The number of amides is 1. The molecule has 0 spiro atoms. The fraction of sp³-hybridized carbons (Fsp3) is 0.222. The quantitative estimate of drug-likeness (QED) is 0.486. The number of nitrogens with zero attached hydrogens (tertiary/aromatic N) is 4. The molecule has 0 aliphatic rings. The second kappa shape index (κ2) is 7.82. The SMILES string of the molecule is CC(=O)Nc1ccc(C(=O)COC(=O)Cn2cnc3c(cnn3C)c2=O)cc1. The summed E-state index contributed by atoms with van der Waals surface area (Å²) in [6.07, 6.45) is 2.61. The zero-order chi connectivity index (χ0) is 20.3. The normalized spacial score (nSPS) is 10.6. The zero-order valence-electron chi connectivity index (χ0n) is 15.2. The van der Waals surface area contributed by atoms with Crippen molar-refractivity contribution in [3.8, 4) is 0 Å². The van der Waals surface area contributed by atoms with Crippen LogP contribution in [0.3, 0.4) is 0 Å². The van der Waals surface area contributed by atoms with Crippen LogP contribution in [0.1, 0.15) is 17.3 Å². The summed E-state index contributed by atoms with van der Waals surface area (Å²) in [5, 5.41) is 6.82. The molecule has 10 nitrogen and oxygen atoms in total. The molecule has 0 saturated carbocycles. The van der Waals surface area contributed by atoms with E-state index in [1.54, 1.807) is 19.2 Å².